The van der Waals surface area contributed by atoms with Crippen molar-refractivity contribution in [1.82, 2.24) is 14.5 Å². The van der Waals surface area contributed by atoms with Crippen molar-refractivity contribution in [2.24, 2.45) is 0 Å². The van der Waals surface area contributed by atoms with Crippen LogP contribution in [0.3, 0.4) is 0 Å². The van der Waals surface area contributed by atoms with Crippen LogP contribution in [0, 0.1) is 0 Å². The fourth-order valence-corrected chi connectivity index (χ4v) is 6.55. The van der Waals surface area contributed by atoms with Gasteiger partial charge in [0.1, 0.15) is 5.69 Å². The molecule has 0 N–H and O–H groups in total. The van der Waals surface area contributed by atoms with Gasteiger partial charge in [0, 0.05) is 36.5 Å². The highest BCUT2D eigenvalue weighted by atomic mass is 32.1. The van der Waals surface area contributed by atoms with Gasteiger partial charge in [0.05, 0.1) is 22.1 Å². The number of para-hydroxylation sites is 3. The number of nitrogens with zero attached hydrogens (tertiary/aromatic N) is 3. The summed E-state index contributed by atoms with van der Waals surface area (Å²) in [4.78, 5) is 10.4. The largest absolute Gasteiger partial charge is 0.292 e. The summed E-state index contributed by atoms with van der Waals surface area (Å²) in [6, 6.07) is 40.4. The summed E-state index contributed by atoms with van der Waals surface area (Å²) >= 11 is 1.85. The minimum Gasteiger partial charge on any atom is -0.292 e. The smallest absolute Gasteiger partial charge is 0.165 e. The minimum absolute atomic E-state index is 0.852. The standard InChI is InChI=1S/C32H19N3S/c1-2-10-20(11-3-1)31-32(34-24-15-7-6-14-23(24)33-31)35-25-16-8-4-12-21(25)29-26(35)18-19-28-30(29)22-13-5-9-17-27(22)36-28/h1-19H. The molecule has 0 unspecified atom stereocenters. The van der Waals surface area contributed by atoms with Crippen LogP contribution < -0.4 is 0 Å². The Hall–Kier alpha value is -4.54. The zero-order valence-electron chi connectivity index (χ0n) is 19.2. The Morgan fingerprint density at radius 3 is 2.06 bits per heavy atom. The first-order valence-electron chi connectivity index (χ1n) is 12.0. The van der Waals surface area contributed by atoms with Crippen molar-refractivity contribution < 1.29 is 0 Å². The van der Waals surface area contributed by atoms with Crippen LogP contribution in [0.15, 0.2) is 115 Å². The number of aromatic nitrogens is 3. The summed E-state index contributed by atoms with van der Waals surface area (Å²) in [5, 5.41) is 5.13. The van der Waals surface area contributed by atoms with Gasteiger partial charge in [-0.2, -0.15) is 0 Å². The van der Waals surface area contributed by atoms with Gasteiger partial charge in [0.2, 0.25) is 0 Å². The van der Waals surface area contributed by atoms with Gasteiger partial charge in [0.15, 0.2) is 5.82 Å². The molecule has 4 heteroatoms. The summed E-state index contributed by atoms with van der Waals surface area (Å²) in [6.45, 7) is 0. The van der Waals surface area contributed by atoms with E-state index in [1.54, 1.807) is 0 Å². The topological polar surface area (TPSA) is 30.7 Å². The minimum atomic E-state index is 0.852. The lowest BCUT2D eigenvalue weighted by atomic mass is 10.1. The van der Waals surface area contributed by atoms with Crippen molar-refractivity contribution in [1.29, 1.82) is 0 Å². The molecular formula is C32H19N3S. The Morgan fingerprint density at radius 2 is 1.19 bits per heavy atom. The molecule has 3 nitrogen and oxygen atoms in total. The second kappa shape index (κ2) is 7.48. The highest BCUT2D eigenvalue weighted by molar-refractivity contribution is 7.26. The van der Waals surface area contributed by atoms with Crippen LogP contribution in [0.25, 0.3) is 70.1 Å². The third-order valence-corrected chi connectivity index (χ3v) is 8.12. The van der Waals surface area contributed by atoms with E-state index >= 15 is 0 Å². The first kappa shape index (κ1) is 19.7. The van der Waals surface area contributed by atoms with Crippen LogP contribution in [0.4, 0.5) is 0 Å². The van der Waals surface area contributed by atoms with Crippen molar-refractivity contribution in [3.05, 3.63) is 115 Å². The molecule has 0 aliphatic carbocycles. The molecule has 0 spiro atoms. The highest BCUT2D eigenvalue weighted by Gasteiger charge is 2.21. The molecule has 36 heavy (non-hydrogen) atoms. The van der Waals surface area contributed by atoms with Gasteiger partial charge in [-0.3, -0.25) is 4.57 Å². The van der Waals surface area contributed by atoms with Gasteiger partial charge in [-0.05, 0) is 36.4 Å². The number of benzene rings is 5. The maximum atomic E-state index is 5.23. The molecule has 168 valence electrons. The van der Waals surface area contributed by atoms with Crippen molar-refractivity contribution >= 4 is 64.3 Å². The molecular weight excluding hydrogens is 458 g/mol. The summed E-state index contributed by atoms with van der Waals surface area (Å²) in [5.74, 6) is 0.852. The lowest BCUT2D eigenvalue weighted by Gasteiger charge is -2.13. The quantitative estimate of drug-likeness (QED) is 0.249. The molecule has 0 aliphatic heterocycles. The van der Waals surface area contributed by atoms with Crippen molar-refractivity contribution in [3.63, 3.8) is 0 Å². The van der Waals surface area contributed by atoms with E-state index in [0.29, 0.717) is 0 Å². The van der Waals surface area contributed by atoms with Crippen LogP contribution in [-0.2, 0) is 0 Å². The van der Waals surface area contributed by atoms with Gasteiger partial charge in [-0.25, -0.2) is 9.97 Å². The molecule has 0 fully saturated rings. The van der Waals surface area contributed by atoms with E-state index in [9.17, 15) is 0 Å². The Kier molecular flexibility index (Phi) is 4.10. The van der Waals surface area contributed by atoms with E-state index in [-0.39, 0.29) is 0 Å². The van der Waals surface area contributed by atoms with E-state index < -0.39 is 0 Å². The van der Waals surface area contributed by atoms with E-state index in [0.717, 1.165) is 39.1 Å². The SMILES string of the molecule is c1ccc(-c2nc3ccccc3nc2-n2c3ccccc3c3c4c(ccc32)sc2ccccc24)cc1. The molecule has 0 radical (unpaired) electrons. The highest BCUT2D eigenvalue weighted by Crippen LogP contribution is 2.43. The fourth-order valence-electron chi connectivity index (χ4n) is 5.44. The number of hydrogen-bond acceptors (Lipinski definition) is 3. The second-order valence-corrected chi connectivity index (χ2v) is 10.1. The molecule has 3 aromatic heterocycles. The van der Waals surface area contributed by atoms with E-state index in [2.05, 4.69) is 89.5 Å². The zero-order chi connectivity index (χ0) is 23.6. The molecule has 0 amide bonds. The lowest BCUT2D eigenvalue weighted by molar-refractivity contribution is 1.08. The lowest BCUT2D eigenvalue weighted by Crippen LogP contribution is -2.03. The molecule has 0 atom stereocenters. The maximum absolute atomic E-state index is 5.23. The van der Waals surface area contributed by atoms with Crippen LogP contribution in [0.2, 0.25) is 0 Å². The predicted octanol–water partition coefficient (Wildman–Crippen LogP) is 8.76. The molecule has 8 aromatic rings. The van der Waals surface area contributed by atoms with Crippen molar-refractivity contribution in [2.45, 2.75) is 0 Å². The average Bonchev–Trinajstić information content (AvgIpc) is 3.48. The molecule has 0 saturated heterocycles. The second-order valence-electron chi connectivity index (χ2n) is 9.03. The summed E-state index contributed by atoms with van der Waals surface area (Å²) < 4.78 is 4.92. The van der Waals surface area contributed by atoms with Gasteiger partial charge in [-0.1, -0.05) is 78.9 Å². The molecule has 0 aliphatic rings. The summed E-state index contributed by atoms with van der Waals surface area (Å²) in [6.07, 6.45) is 0. The maximum Gasteiger partial charge on any atom is 0.165 e. The Balaban J connectivity index is 1.59. The van der Waals surface area contributed by atoms with Crippen molar-refractivity contribution in [2.75, 3.05) is 0 Å². The fraction of sp³-hybridized carbons (Fsp3) is 0. The number of rotatable bonds is 2. The average molecular weight is 478 g/mol. The first-order valence-corrected chi connectivity index (χ1v) is 12.8. The van der Waals surface area contributed by atoms with Crippen LogP contribution in [-0.4, -0.2) is 14.5 Å². The van der Waals surface area contributed by atoms with Crippen LogP contribution in [0.1, 0.15) is 0 Å². The third-order valence-electron chi connectivity index (χ3n) is 6.99. The monoisotopic (exact) mass is 477 g/mol. The van der Waals surface area contributed by atoms with Crippen molar-refractivity contribution in [3.8, 4) is 17.1 Å². The number of thiophene rings is 1. The normalized spacial score (nSPS) is 11.9. The molecule has 0 saturated carbocycles. The predicted molar refractivity (Wildman–Crippen MR) is 152 cm³/mol. The number of hydrogen-bond donors (Lipinski definition) is 0. The third kappa shape index (κ3) is 2.73. The zero-order valence-corrected chi connectivity index (χ0v) is 20.0. The first-order chi connectivity index (χ1) is 17.9. The van der Waals surface area contributed by atoms with Gasteiger partial charge < -0.3 is 0 Å². The summed E-state index contributed by atoms with van der Waals surface area (Å²) in [7, 11) is 0. The van der Waals surface area contributed by atoms with Crippen LogP contribution >= 0.6 is 11.3 Å². The number of fused-ring (bicyclic) bond motifs is 8. The van der Waals surface area contributed by atoms with E-state index in [1.165, 1.54) is 30.9 Å². The van der Waals surface area contributed by atoms with Crippen LogP contribution in [0.5, 0.6) is 0 Å². The molecule has 8 rings (SSSR count). The molecule has 5 aromatic carbocycles. The van der Waals surface area contributed by atoms with E-state index in [4.69, 9.17) is 9.97 Å². The van der Waals surface area contributed by atoms with E-state index in [1.807, 2.05) is 41.7 Å². The Bertz CT molecular complexity index is 2100. The molecule has 0 bridgehead atoms. The van der Waals surface area contributed by atoms with Gasteiger partial charge >= 0.3 is 0 Å². The Morgan fingerprint density at radius 1 is 0.500 bits per heavy atom. The summed E-state index contributed by atoms with van der Waals surface area (Å²) in [5.41, 5.74) is 6.00. The Labute approximate surface area is 210 Å². The van der Waals surface area contributed by atoms with Gasteiger partial charge in [0.25, 0.3) is 0 Å². The molecule has 3 heterocycles. The van der Waals surface area contributed by atoms with Gasteiger partial charge in [-0.15, -0.1) is 11.3 Å².